The lowest BCUT2D eigenvalue weighted by molar-refractivity contribution is -0.139. The highest BCUT2D eigenvalue weighted by Crippen LogP contribution is 2.44. The number of likely N-dealkylation sites (tertiary alicyclic amines) is 1. The van der Waals surface area contributed by atoms with Crippen LogP contribution in [0.15, 0.2) is 0 Å². The molecule has 0 aromatic heterocycles. The lowest BCUT2D eigenvalue weighted by Gasteiger charge is -2.40. The predicted octanol–water partition coefficient (Wildman–Crippen LogP) is 3.31. The van der Waals surface area contributed by atoms with E-state index in [0.717, 1.165) is 19.3 Å². The van der Waals surface area contributed by atoms with E-state index in [9.17, 15) is 9.59 Å². The van der Waals surface area contributed by atoms with E-state index < -0.39 is 0 Å². The molecule has 2 rings (SSSR count). The number of rotatable bonds is 8. The Bertz CT molecular complexity index is 447. The summed E-state index contributed by atoms with van der Waals surface area (Å²) in [7, 11) is 0. The molecule has 1 unspecified atom stereocenters. The van der Waals surface area contributed by atoms with E-state index in [0.29, 0.717) is 13.0 Å². The zero-order chi connectivity index (χ0) is 17.3. The fourth-order valence-electron chi connectivity index (χ4n) is 3.14. The van der Waals surface area contributed by atoms with Crippen LogP contribution in [0.1, 0.15) is 66.7 Å². The standard InChI is InChI=1S/C19H34N2O2/c1-18(2,3)19(4,5)14-15-13-16(22)21(17(15)23)10-8-6-7-9-20-11-12-20/h15H,6-14H2,1-5H3. The first kappa shape index (κ1) is 18.4. The molecule has 23 heavy (non-hydrogen) atoms. The molecular weight excluding hydrogens is 288 g/mol. The van der Waals surface area contributed by atoms with Crippen molar-refractivity contribution in [3.63, 3.8) is 0 Å². The summed E-state index contributed by atoms with van der Waals surface area (Å²) in [5.74, 6) is -0.0109. The summed E-state index contributed by atoms with van der Waals surface area (Å²) in [5.41, 5.74) is 0.171. The molecule has 4 nitrogen and oxygen atoms in total. The van der Waals surface area contributed by atoms with Crippen LogP contribution in [0.3, 0.4) is 0 Å². The Balaban J connectivity index is 1.79. The second-order valence-electron chi connectivity index (χ2n) is 9.02. The van der Waals surface area contributed by atoms with Gasteiger partial charge in [0.1, 0.15) is 0 Å². The molecule has 0 spiro atoms. The van der Waals surface area contributed by atoms with Gasteiger partial charge < -0.3 is 4.90 Å². The first-order valence-corrected chi connectivity index (χ1v) is 9.18. The molecule has 2 fully saturated rings. The zero-order valence-electron chi connectivity index (χ0n) is 15.7. The first-order valence-electron chi connectivity index (χ1n) is 9.18. The minimum absolute atomic E-state index is 0.0376. The normalized spacial score (nSPS) is 23.0. The maximum absolute atomic E-state index is 12.6. The summed E-state index contributed by atoms with van der Waals surface area (Å²) >= 11 is 0. The quantitative estimate of drug-likeness (QED) is 0.391. The van der Waals surface area contributed by atoms with Crippen molar-refractivity contribution in [2.24, 2.45) is 16.7 Å². The van der Waals surface area contributed by atoms with Crippen LogP contribution in [-0.4, -0.2) is 47.8 Å². The van der Waals surface area contributed by atoms with Gasteiger partial charge in [-0.15, -0.1) is 0 Å². The van der Waals surface area contributed by atoms with E-state index in [1.54, 1.807) is 0 Å². The third kappa shape index (κ3) is 4.79. The Morgan fingerprint density at radius 1 is 0.957 bits per heavy atom. The van der Waals surface area contributed by atoms with Crippen LogP contribution >= 0.6 is 0 Å². The van der Waals surface area contributed by atoms with Gasteiger partial charge in [0.2, 0.25) is 11.8 Å². The largest absolute Gasteiger partial charge is 0.301 e. The second kappa shape index (κ2) is 6.92. The Morgan fingerprint density at radius 3 is 2.13 bits per heavy atom. The van der Waals surface area contributed by atoms with Gasteiger partial charge in [-0.2, -0.15) is 0 Å². The zero-order valence-corrected chi connectivity index (χ0v) is 15.7. The van der Waals surface area contributed by atoms with Gasteiger partial charge >= 0.3 is 0 Å². The molecular formula is C19H34N2O2. The summed E-state index contributed by atoms with van der Waals surface area (Å²) in [5, 5.41) is 0. The van der Waals surface area contributed by atoms with Crippen molar-refractivity contribution in [1.29, 1.82) is 0 Å². The third-order valence-corrected chi connectivity index (χ3v) is 6.02. The smallest absolute Gasteiger partial charge is 0.232 e. The molecule has 0 bridgehead atoms. The molecule has 0 saturated carbocycles. The molecule has 4 heteroatoms. The van der Waals surface area contributed by atoms with Gasteiger partial charge in [0.05, 0.1) is 0 Å². The average molecular weight is 322 g/mol. The van der Waals surface area contributed by atoms with Crippen LogP contribution in [0.2, 0.25) is 0 Å². The Labute approximate surface area is 141 Å². The topological polar surface area (TPSA) is 40.4 Å². The van der Waals surface area contributed by atoms with Crippen LogP contribution in [0.5, 0.6) is 0 Å². The number of unbranched alkanes of at least 4 members (excludes halogenated alkanes) is 2. The van der Waals surface area contributed by atoms with Crippen molar-refractivity contribution >= 4 is 11.8 Å². The fraction of sp³-hybridized carbons (Fsp3) is 0.895. The lowest BCUT2D eigenvalue weighted by Crippen LogP contribution is -2.35. The molecule has 2 heterocycles. The van der Waals surface area contributed by atoms with Crippen molar-refractivity contribution < 1.29 is 9.59 Å². The Hall–Kier alpha value is -0.900. The van der Waals surface area contributed by atoms with Crippen LogP contribution in [0.4, 0.5) is 0 Å². The van der Waals surface area contributed by atoms with Gasteiger partial charge in [0.25, 0.3) is 0 Å². The molecule has 0 aromatic rings. The maximum atomic E-state index is 12.6. The van der Waals surface area contributed by atoms with Gasteiger partial charge in [-0.25, -0.2) is 0 Å². The highest BCUT2D eigenvalue weighted by Gasteiger charge is 2.43. The average Bonchev–Trinajstić information content (AvgIpc) is 3.19. The highest BCUT2D eigenvalue weighted by molar-refractivity contribution is 6.03. The van der Waals surface area contributed by atoms with E-state index >= 15 is 0 Å². The first-order chi connectivity index (χ1) is 10.6. The molecule has 2 amide bonds. The van der Waals surface area contributed by atoms with E-state index in [2.05, 4.69) is 39.5 Å². The Morgan fingerprint density at radius 2 is 1.57 bits per heavy atom. The molecule has 0 aliphatic carbocycles. The number of carbonyl (C=O) groups is 2. The van der Waals surface area contributed by atoms with Crippen LogP contribution in [-0.2, 0) is 9.59 Å². The number of carbonyl (C=O) groups excluding carboxylic acids is 2. The summed E-state index contributed by atoms with van der Waals surface area (Å²) < 4.78 is 0. The molecule has 2 aliphatic rings. The van der Waals surface area contributed by atoms with Gasteiger partial charge in [0, 0.05) is 32.0 Å². The van der Waals surface area contributed by atoms with Gasteiger partial charge in [0.15, 0.2) is 0 Å². The number of hydrogen-bond acceptors (Lipinski definition) is 3. The lowest BCUT2D eigenvalue weighted by atomic mass is 9.65. The number of amides is 2. The van der Waals surface area contributed by atoms with Gasteiger partial charge in [-0.05, 0) is 36.6 Å². The van der Waals surface area contributed by atoms with Crippen LogP contribution < -0.4 is 0 Å². The molecule has 2 aliphatic heterocycles. The van der Waals surface area contributed by atoms with Crippen molar-refractivity contribution in [2.75, 3.05) is 26.2 Å². The van der Waals surface area contributed by atoms with Crippen LogP contribution in [0.25, 0.3) is 0 Å². The van der Waals surface area contributed by atoms with E-state index in [1.165, 1.54) is 31.0 Å². The van der Waals surface area contributed by atoms with Crippen molar-refractivity contribution in [1.82, 2.24) is 9.80 Å². The summed E-state index contributed by atoms with van der Waals surface area (Å²) in [6.07, 6.45) is 4.43. The van der Waals surface area contributed by atoms with Crippen LogP contribution in [0, 0.1) is 16.7 Å². The second-order valence-corrected chi connectivity index (χ2v) is 9.02. The van der Waals surface area contributed by atoms with Gasteiger partial charge in [-0.1, -0.05) is 41.0 Å². The highest BCUT2D eigenvalue weighted by atomic mass is 16.2. The summed E-state index contributed by atoms with van der Waals surface area (Å²) in [6.45, 7) is 15.3. The molecule has 0 aromatic carbocycles. The number of nitrogens with zero attached hydrogens (tertiary/aromatic N) is 2. The van der Waals surface area contributed by atoms with E-state index in [4.69, 9.17) is 0 Å². The van der Waals surface area contributed by atoms with Gasteiger partial charge in [-0.3, -0.25) is 14.5 Å². The minimum atomic E-state index is -0.116. The van der Waals surface area contributed by atoms with Crippen molar-refractivity contribution in [3.05, 3.63) is 0 Å². The molecule has 0 radical (unpaired) electrons. The van der Waals surface area contributed by atoms with E-state index in [-0.39, 0.29) is 28.6 Å². The number of imide groups is 1. The van der Waals surface area contributed by atoms with Crippen molar-refractivity contribution in [3.8, 4) is 0 Å². The summed E-state index contributed by atoms with van der Waals surface area (Å²) in [6, 6.07) is 0. The van der Waals surface area contributed by atoms with E-state index in [1.807, 2.05) is 0 Å². The summed E-state index contributed by atoms with van der Waals surface area (Å²) in [4.78, 5) is 28.8. The fourth-order valence-corrected chi connectivity index (χ4v) is 3.14. The molecule has 1 atom stereocenters. The third-order valence-electron chi connectivity index (χ3n) is 6.02. The minimum Gasteiger partial charge on any atom is -0.301 e. The van der Waals surface area contributed by atoms with Crippen molar-refractivity contribution in [2.45, 2.75) is 66.7 Å². The molecule has 0 N–H and O–H groups in total. The number of hydrogen-bond donors (Lipinski definition) is 0. The molecule has 2 saturated heterocycles. The monoisotopic (exact) mass is 322 g/mol. The Kier molecular flexibility index (Phi) is 5.55. The predicted molar refractivity (Wildman–Crippen MR) is 93.0 cm³/mol. The maximum Gasteiger partial charge on any atom is 0.232 e. The molecule has 132 valence electrons. The SMILES string of the molecule is CC(C)(C)C(C)(C)CC1CC(=O)N(CCCCCN2CC2)C1=O.